The van der Waals surface area contributed by atoms with E-state index in [-0.39, 0.29) is 36.4 Å². The molecule has 2 fully saturated rings. The van der Waals surface area contributed by atoms with Crippen molar-refractivity contribution in [2.75, 3.05) is 37.6 Å². The maximum Gasteiger partial charge on any atom is 0.240 e. The molecule has 6 nitrogen and oxygen atoms in total. The van der Waals surface area contributed by atoms with E-state index in [1.54, 1.807) is 24.0 Å². The van der Waals surface area contributed by atoms with Crippen LogP contribution >= 0.6 is 0 Å². The molecule has 2 aliphatic heterocycles. The highest BCUT2D eigenvalue weighted by molar-refractivity contribution is 6.10. The predicted molar refractivity (Wildman–Crippen MR) is 120 cm³/mol. The molecule has 3 amide bonds. The van der Waals surface area contributed by atoms with Crippen LogP contribution in [-0.4, -0.2) is 60.2 Å². The fourth-order valence-corrected chi connectivity index (χ4v) is 4.91. The quantitative estimate of drug-likeness (QED) is 0.675. The van der Waals surface area contributed by atoms with E-state index in [9.17, 15) is 18.8 Å². The zero-order valence-corrected chi connectivity index (χ0v) is 18.5. The number of rotatable bonds is 5. The van der Waals surface area contributed by atoms with Gasteiger partial charge in [-0.2, -0.15) is 0 Å². The molecule has 0 spiro atoms. The number of aryl methyl sites for hydroxylation is 1. The van der Waals surface area contributed by atoms with Crippen LogP contribution in [0.2, 0.25) is 0 Å². The number of amides is 3. The van der Waals surface area contributed by atoms with Gasteiger partial charge in [0.1, 0.15) is 5.82 Å². The zero-order valence-electron chi connectivity index (χ0n) is 18.5. The minimum Gasteiger partial charge on any atom is -0.368 e. The van der Waals surface area contributed by atoms with Crippen LogP contribution in [0.25, 0.3) is 0 Å². The van der Waals surface area contributed by atoms with E-state index in [4.69, 9.17) is 0 Å². The van der Waals surface area contributed by atoms with Crippen LogP contribution in [0.4, 0.5) is 10.1 Å². The lowest BCUT2D eigenvalue weighted by Crippen LogP contribution is -2.51. The highest BCUT2D eigenvalue weighted by Gasteiger charge is 2.54. The molecule has 2 aromatic rings. The molecule has 0 aliphatic carbocycles. The Labute approximate surface area is 187 Å². The van der Waals surface area contributed by atoms with E-state index in [1.165, 1.54) is 17.0 Å². The summed E-state index contributed by atoms with van der Waals surface area (Å²) in [5, 5.41) is 0. The molecule has 0 saturated carbocycles. The second kappa shape index (κ2) is 8.73. The molecular formula is C25H28FN3O3. The van der Waals surface area contributed by atoms with Crippen LogP contribution in [-0.2, 0) is 19.8 Å². The van der Waals surface area contributed by atoms with E-state index in [0.29, 0.717) is 32.7 Å². The van der Waals surface area contributed by atoms with Gasteiger partial charge in [-0.25, -0.2) is 4.39 Å². The van der Waals surface area contributed by atoms with Crippen molar-refractivity contribution in [2.24, 2.45) is 0 Å². The number of nitrogens with zero attached hydrogens (tertiary/aromatic N) is 3. The van der Waals surface area contributed by atoms with Crippen LogP contribution < -0.4 is 4.90 Å². The smallest absolute Gasteiger partial charge is 0.240 e. The van der Waals surface area contributed by atoms with Gasteiger partial charge in [-0.05, 0) is 49.2 Å². The largest absolute Gasteiger partial charge is 0.368 e. The number of hydrogen-bond donors (Lipinski definition) is 0. The SMILES string of the molecule is CCN1C(=O)C[C@](CC(=O)N2CCN(c3ccc(F)cc3)CC2)(c2ccccc2C)C1=O. The Morgan fingerprint density at radius 3 is 2.25 bits per heavy atom. The van der Waals surface area contributed by atoms with Crippen LogP contribution in [0, 0.1) is 12.7 Å². The average Bonchev–Trinajstić information content (AvgIpc) is 3.04. The molecule has 0 N–H and O–H groups in total. The third kappa shape index (κ3) is 3.87. The van der Waals surface area contributed by atoms with Crippen molar-refractivity contribution in [3.63, 3.8) is 0 Å². The lowest BCUT2D eigenvalue weighted by atomic mass is 9.74. The van der Waals surface area contributed by atoms with Gasteiger partial charge < -0.3 is 9.80 Å². The van der Waals surface area contributed by atoms with Crippen LogP contribution in [0.15, 0.2) is 48.5 Å². The number of anilines is 1. The normalized spacial score (nSPS) is 21.4. The number of carbonyl (C=O) groups excluding carboxylic acids is 3. The Morgan fingerprint density at radius 2 is 1.66 bits per heavy atom. The molecule has 0 radical (unpaired) electrons. The van der Waals surface area contributed by atoms with Crippen LogP contribution in [0.3, 0.4) is 0 Å². The monoisotopic (exact) mass is 437 g/mol. The van der Waals surface area contributed by atoms with Crippen molar-refractivity contribution < 1.29 is 18.8 Å². The number of likely N-dealkylation sites (N-methyl/N-ethyl adjacent to an activating group) is 1. The molecule has 1 atom stereocenters. The summed E-state index contributed by atoms with van der Waals surface area (Å²) >= 11 is 0. The van der Waals surface area contributed by atoms with Crippen molar-refractivity contribution in [2.45, 2.75) is 32.1 Å². The molecule has 2 aromatic carbocycles. The van der Waals surface area contributed by atoms with Crippen LogP contribution in [0.5, 0.6) is 0 Å². The standard InChI is InChI=1S/C25H28FN3O3/c1-3-29-23(31)17-25(24(29)32,21-7-5-4-6-18(21)2)16-22(30)28-14-12-27(13-15-28)20-10-8-19(26)9-11-20/h4-11H,3,12-17H2,1-2H3/t25-/m1/s1. The second-order valence-corrected chi connectivity index (χ2v) is 8.54. The minimum atomic E-state index is -1.15. The van der Waals surface area contributed by atoms with Crippen molar-refractivity contribution in [1.82, 2.24) is 9.80 Å². The third-order valence-electron chi connectivity index (χ3n) is 6.66. The highest BCUT2D eigenvalue weighted by atomic mass is 19.1. The van der Waals surface area contributed by atoms with Gasteiger partial charge in [0.15, 0.2) is 0 Å². The second-order valence-electron chi connectivity index (χ2n) is 8.54. The lowest BCUT2D eigenvalue weighted by molar-refractivity contribution is -0.142. The maximum atomic E-state index is 13.4. The topological polar surface area (TPSA) is 60.9 Å². The first-order valence-corrected chi connectivity index (χ1v) is 11.0. The van der Waals surface area contributed by atoms with Gasteiger partial charge in [-0.15, -0.1) is 0 Å². The van der Waals surface area contributed by atoms with Gasteiger partial charge in [0.25, 0.3) is 0 Å². The number of carbonyl (C=O) groups is 3. The zero-order chi connectivity index (χ0) is 22.9. The summed E-state index contributed by atoms with van der Waals surface area (Å²) in [4.78, 5) is 44.6. The van der Waals surface area contributed by atoms with Gasteiger partial charge in [0, 0.05) is 51.3 Å². The van der Waals surface area contributed by atoms with Gasteiger partial charge in [0.2, 0.25) is 17.7 Å². The molecule has 32 heavy (non-hydrogen) atoms. The lowest BCUT2D eigenvalue weighted by Gasteiger charge is -2.38. The van der Waals surface area contributed by atoms with Crippen molar-refractivity contribution in [1.29, 1.82) is 0 Å². The Bertz CT molecular complexity index is 1030. The summed E-state index contributed by atoms with van der Waals surface area (Å²) in [6.45, 7) is 6.27. The Hall–Kier alpha value is -3.22. The summed E-state index contributed by atoms with van der Waals surface area (Å²) in [6, 6.07) is 13.9. The third-order valence-corrected chi connectivity index (χ3v) is 6.66. The summed E-state index contributed by atoms with van der Waals surface area (Å²) < 4.78 is 13.2. The number of likely N-dealkylation sites (tertiary alicyclic amines) is 1. The van der Waals surface area contributed by atoms with Crippen molar-refractivity contribution in [3.8, 4) is 0 Å². The molecule has 2 saturated heterocycles. The number of hydrogen-bond acceptors (Lipinski definition) is 4. The average molecular weight is 438 g/mol. The van der Waals surface area contributed by atoms with Crippen LogP contribution in [0.1, 0.15) is 30.9 Å². The molecule has 0 unspecified atom stereocenters. The summed E-state index contributed by atoms with van der Waals surface area (Å²) in [6.07, 6.45) is 0.00128. The first kappa shape index (κ1) is 22.0. The summed E-state index contributed by atoms with van der Waals surface area (Å²) in [7, 11) is 0. The number of piperazine rings is 1. The maximum absolute atomic E-state index is 13.4. The van der Waals surface area contributed by atoms with Gasteiger partial charge >= 0.3 is 0 Å². The molecule has 2 aliphatic rings. The van der Waals surface area contributed by atoms with Gasteiger partial charge in [-0.3, -0.25) is 19.3 Å². The molecular weight excluding hydrogens is 409 g/mol. The summed E-state index contributed by atoms with van der Waals surface area (Å²) in [5.41, 5.74) is 1.43. The van der Waals surface area contributed by atoms with E-state index >= 15 is 0 Å². The first-order chi connectivity index (χ1) is 15.4. The molecule has 4 rings (SSSR count). The molecule has 7 heteroatoms. The predicted octanol–water partition coefficient (Wildman–Crippen LogP) is 2.89. The number of halogens is 1. The minimum absolute atomic E-state index is 0.0184. The van der Waals surface area contributed by atoms with Crippen molar-refractivity contribution >= 4 is 23.4 Å². The van der Waals surface area contributed by atoms with E-state index in [1.807, 2.05) is 31.2 Å². The molecule has 0 aromatic heterocycles. The number of imide groups is 1. The molecule has 2 heterocycles. The fraction of sp³-hybridized carbons (Fsp3) is 0.400. The van der Waals surface area contributed by atoms with Crippen molar-refractivity contribution in [3.05, 3.63) is 65.5 Å². The Morgan fingerprint density at radius 1 is 1.00 bits per heavy atom. The number of benzene rings is 2. The highest BCUT2D eigenvalue weighted by Crippen LogP contribution is 2.41. The van der Waals surface area contributed by atoms with E-state index in [2.05, 4.69) is 4.90 Å². The van der Waals surface area contributed by atoms with E-state index < -0.39 is 5.41 Å². The summed E-state index contributed by atoms with van der Waals surface area (Å²) in [5.74, 6) is -0.903. The van der Waals surface area contributed by atoms with Gasteiger partial charge in [0.05, 0.1) is 5.41 Å². The molecule has 168 valence electrons. The van der Waals surface area contributed by atoms with E-state index in [0.717, 1.165) is 16.8 Å². The fourth-order valence-electron chi connectivity index (χ4n) is 4.91. The van der Waals surface area contributed by atoms with Gasteiger partial charge in [-0.1, -0.05) is 24.3 Å². The molecule has 0 bridgehead atoms. The first-order valence-electron chi connectivity index (χ1n) is 11.0. The Kier molecular flexibility index (Phi) is 6.00. The Balaban J connectivity index is 1.53.